The summed E-state index contributed by atoms with van der Waals surface area (Å²) >= 11 is 0. The highest BCUT2D eigenvalue weighted by Crippen LogP contribution is 2.29. The summed E-state index contributed by atoms with van der Waals surface area (Å²) in [5, 5.41) is 0. The maximum Gasteiger partial charge on any atom is 0.270 e. The van der Waals surface area contributed by atoms with E-state index in [1.807, 2.05) is 4.90 Å². The van der Waals surface area contributed by atoms with Gasteiger partial charge in [0.25, 0.3) is 5.91 Å². The maximum absolute atomic E-state index is 13.2. The van der Waals surface area contributed by atoms with E-state index in [1.54, 1.807) is 28.9 Å². The van der Waals surface area contributed by atoms with Crippen LogP contribution >= 0.6 is 0 Å². The monoisotopic (exact) mass is 395 g/mol. The Bertz CT molecular complexity index is 792. The molecule has 3 heterocycles. The number of nitrogens with zero attached hydrogens (tertiary/aromatic N) is 3. The third-order valence-corrected chi connectivity index (χ3v) is 8.44. The Labute approximate surface area is 163 Å². The smallest absolute Gasteiger partial charge is 0.270 e. The quantitative estimate of drug-likeness (QED) is 0.787. The molecule has 2 aliphatic rings. The molecule has 0 saturated carbocycles. The van der Waals surface area contributed by atoms with Gasteiger partial charge in [0.15, 0.2) is 0 Å². The van der Waals surface area contributed by atoms with Crippen molar-refractivity contribution in [3.8, 4) is 0 Å². The Morgan fingerprint density at radius 1 is 1.15 bits per heavy atom. The minimum absolute atomic E-state index is 0.0409. The molecule has 0 aromatic carbocycles. The lowest BCUT2D eigenvalue weighted by atomic mass is 9.99. The standard InChI is InChI=1S/C20H33N3O3S/c1-5-17-8-6-7-11-23(17)20(24)18-14-19(16(3)21(18)4)27(25,26)22-12-9-15(2)10-13-22/h14-15,17H,5-13H2,1-4H3. The van der Waals surface area contributed by atoms with Gasteiger partial charge in [-0.15, -0.1) is 0 Å². The summed E-state index contributed by atoms with van der Waals surface area (Å²) in [6, 6.07) is 1.86. The molecule has 0 radical (unpaired) electrons. The van der Waals surface area contributed by atoms with Gasteiger partial charge in [-0.25, -0.2) is 8.42 Å². The molecule has 1 aromatic rings. The molecule has 1 atom stereocenters. The van der Waals surface area contributed by atoms with Crippen molar-refractivity contribution in [2.75, 3.05) is 19.6 Å². The molecular weight excluding hydrogens is 362 g/mol. The third-order valence-electron chi connectivity index (χ3n) is 6.43. The van der Waals surface area contributed by atoms with Crippen LogP contribution in [0.4, 0.5) is 0 Å². The highest BCUT2D eigenvalue weighted by Gasteiger charge is 2.34. The number of hydrogen-bond acceptors (Lipinski definition) is 3. The van der Waals surface area contributed by atoms with E-state index in [0.717, 1.165) is 45.1 Å². The number of likely N-dealkylation sites (tertiary alicyclic amines) is 1. The van der Waals surface area contributed by atoms with Gasteiger partial charge in [0.05, 0.1) is 0 Å². The topological polar surface area (TPSA) is 62.6 Å². The second-order valence-corrected chi connectivity index (χ2v) is 10.1. The Morgan fingerprint density at radius 2 is 1.81 bits per heavy atom. The second kappa shape index (κ2) is 7.95. The van der Waals surface area contributed by atoms with Crippen molar-refractivity contribution < 1.29 is 13.2 Å². The highest BCUT2D eigenvalue weighted by molar-refractivity contribution is 7.89. The van der Waals surface area contributed by atoms with Crippen LogP contribution in [0.15, 0.2) is 11.0 Å². The minimum atomic E-state index is -3.56. The van der Waals surface area contributed by atoms with Gasteiger partial charge < -0.3 is 9.47 Å². The first-order valence-electron chi connectivity index (χ1n) is 10.2. The van der Waals surface area contributed by atoms with E-state index in [2.05, 4.69) is 13.8 Å². The number of hydrogen-bond donors (Lipinski definition) is 0. The van der Waals surface area contributed by atoms with Crippen LogP contribution in [-0.4, -0.2) is 53.8 Å². The molecule has 0 N–H and O–H groups in total. The molecule has 152 valence electrons. The second-order valence-electron chi connectivity index (χ2n) is 8.18. The van der Waals surface area contributed by atoms with Crippen LogP contribution in [-0.2, 0) is 17.1 Å². The lowest BCUT2D eigenvalue weighted by molar-refractivity contribution is 0.0598. The SMILES string of the molecule is CCC1CCCCN1C(=O)c1cc(S(=O)(=O)N2CCC(C)CC2)c(C)n1C. The third kappa shape index (κ3) is 3.81. The zero-order valence-electron chi connectivity index (χ0n) is 17.1. The number of aromatic nitrogens is 1. The molecule has 1 aromatic heterocycles. The summed E-state index contributed by atoms with van der Waals surface area (Å²) in [4.78, 5) is 15.4. The summed E-state index contributed by atoms with van der Waals surface area (Å²) in [6.45, 7) is 7.95. The summed E-state index contributed by atoms with van der Waals surface area (Å²) in [7, 11) is -1.76. The van der Waals surface area contributed by atoms with Gasteiger partial charge in [0.2, 0.25) is 10.0 Å². The molecule has 1 amide bonds. The summed E-state index contributed by atoms with van der Waals surface area (Å²) in [5.74, 6) is 0.524. The van der Waals surface area contributed by atoms with E-state index in [9.17, 15) is 13.2 Å². The molecule has 2 fully saturated rings. The predicted octanol–water partition coefficient (Wildman–Crippen LogP) is 3.16. The predicted molar refractivity (Wildman–Crippen MR) is 106 cm³/mol. The molecule has 3 rings (SSSR count). The van der Waals surface area contributed by atoms with Crippen molar-refractivity contribution in [3.63, 3.8) is 0 Å². The van der Waals surface area contributed by atoms with Gasteiger partial charge >= 0.3 is 0 Å². The molecule has 7 heteroatoms. The van der Waals surface area contributed by atoms with Gasteiger partial charge in [0, 0.05) is 38.4 Å². The largest absolute Gasteiger partial charge is 0.343 e. The van der Waals surface area contributed by atoms with Crippen LogP contribution in [0.1, 0.15) is 68.6 Å². The molecule has 0 aliphatic carbocycles. The van der Waals surface area contributed by atoms with Gasteiger partial charge in [-0.1, -0.05) is 13.8 Å². The van der Waals surface area contributed by atoms with E-state index in [4.69, 9.17) is 0 Å². The average Bonchev–Trinajstić information content (AvgIpc) is 2.97. The van der Waals surface area contributed by atoms with Crippen molar-refractivity contribution in [3.05, 3.63) is 17.5 Å². The Balaban J connectivity index is 1.90. The van der Waals surface area contributed by atoms with Gasteiger partial charge in [-0.2, -0.15) is 4.31 Å². The molecule has 27 heavy (non-hydrogen) atoms. The van der Waals surface area contributed by atoms with Crippen molar-refractivity contribution in [2.45, 2.75) is 70.2 Å². The lowest BCUT2D eigenvalue weighted by Crippen LogP contribution is -2.44. The fourth-order valence-electron chi connectivity index (χ4n) is 4.34. The first-order chi connectivity index (χ1) is 12.8. The maximum atomic E-state index is 13.2. The van der Waals surface area contributed by atoms with Gasteiger partial charge in [-0.05, 0) is 57.4 Å². The normalized spacial score (nSPS) is 23.0. The number of piperidine rings is 2. The number of rotatable bonds is 4. The summed E-state index contributed by atoms with van der Waals surface area (Å²) < 4.78 is 29.7. The Kier molecular flexibility index (Phi) is 6.01. The van der Waals surface area contributed by atoms with Crippen LogP contribution in [0, 0.1) is 12.8 Å². The molecule has 1 unspecified atom stereocenters. The van der Waals surface area contributed by atoms with E-state index in [1.165, 1.54) is 0 Å². The fourth-order valence-corrected chi connectivity index (χ4v) is 6.08. The molecule has 2 aliphatic heterocycles. The first kappa shape index (κ1) is 20.4. The van der Waals surface area contributed by atoms with Crippen LogP contribution in [0.3, 0.4) is 0 Å². The summed E-state index contributed by atoms with van der Waals surface area (Å²) in [6.07, 6.45) is 5.92. The molecule has 0 bridgehead atoms. The van der Waals surface area contributed by atoms with Crippen molar-refractivity contribution in [1.29, 1.82) is 0 Å². The molecule has 0 spiro atoms. The molecule has 6 nitrogen and oxygen atoms in total. The van der Waals surface area contributed by atoms with Crippen LogP contribution in [0.2, 0.25) is 0 Å². The summed E-state index contributed by atoms with van der Waals surface area (Å²) in [5.41, 5.74) is 1.12. The number of carbonyl (C=O) groups excluding carboxylic acids is 1. The van der Waals surface area contributed by atoms with Crippen molar-refractivity contribution in [1.82, 2.24) is 13.8 Å². The van der Waals surface area contributed by atoms with Gasteiger partial charge in [-0.3, -0.25) is 4.79 Å². The van der Waals surface area contributed by atoms with Gasteiger partial charge in [0.1, 0.15) is 10.6 Å². The van der Waals surface area contributed by atoms with Crippen molar-refractivity contribution >= 4 is 15.9 Å². The number of sulfonamides is 1. The number of amides is 1. The molecule has 2 saturated heterocycles. The van der Waals surface area contributed by atoms with Crippen molar-refractivity contribution in [2.24, 2.45) is 13.0 Å². The Morgan fingerprint density at radius 3 is 2.44 bits per heavy atom. The zero-order valence-corrected chi connectivity index (χ0v) is 17.9. The average molecular weight is 396 g/mol. The van der Waals surface area contributed by atoms with E-state index in [-0.39, 0.29) is 16.8 Å². The van der Waals surface area contributed by atoms with Crippen LogP contribution in [0.25, 0.3) is 0 Å². The lowest BCUT2D eigenvalue weighted by Gasteiger charge is -2.35. The number of carbonyl (C=O) groups is 1. The van der Waals surface area contributed by atoms with Crippen LogP contribution < -0.4 is 0 Å². The van der Waals surface area contributed by atoms with E-state index < -0.39 is 10.0 Å². The van der Waals surface area contributed by atoms with E-state index in [0.29, 0.717) is 30.4 Å². The minimum Gasteiger partial charge on any atom is -0.343 e. The zero-order chi connectivity index (χ0) is 19.8. The van der Waals surface area contributed by atoms with Crippen LogP contribution in [0.5, 0.6) is 0 Å². The first-order valence-corrected chi connectivity index (χ1v) is 11.7. The molecular formula is C20H33N3O3S. The Hall–Kier alpha value is -1.34. The fraction of sp³-hybridized carbons (Fsp3) is 0.750. The van der Waals surface area contributed by atoms with E-state index >= 15 is 0 Å². The highest BCUT2D eigenvalue weighted by atomic mass is 32.2.